The molecule has 1 fully saturated rings. The van der Waals surface area contributed by atoms with Crippen molar-refractivity contribution < 1.29 is 19.4 Å². The number of rotatable bonds is 2. The summed E-state index contributed by atoms with van der Waals surface area (Å²) in [4.78, 5) is 40.0. The second kappa shape index (κ2) is 5.92. The van der Waals surface area contributed by atoms with Gasteiger partial charge in [-0.15, -0.1) is 0 Å². The second-order valence-corrected chi connectivity index (χ2v) is 5.65. The van der Waals surface area contributed by atoms with Gasteiger partial charge in [0.2, 0.25) is 0 Å². The highest BCUT2D eigenvalue weighted by atomic mass is 16.5. The van der Waals surface area contributed by atoms with Gasteiger partial charge in [0, 0.05) is 12.2 Å². The van der Waals surface area contributed by atoms with Crippen molar-refractivity contribution >= 4 is 11.9 Å². The van der Waals surface area contributed by atoms with Gasteiger partial charge in [0.05, 0.1) is 13.2 Å². The Hall–Kier alpha value is -2.15. The molecule has 2 N–H and O–H groups in total. The van der Waals surface area contributed by atoms with Crippen LogP contribution in [0.3, 0.4) is 0 Å². The van der Waals surface area contributed by atoms with Gasteiger partial charge in [-0.05, 0) is 37.3 Å². The van der Waals surface area contributed by atoms with Gasteiger partial charge in [-0.2, -0.15) is 0 Å². The number of nitrogens with zero attached hydrogens (tertiary/aromatic N) is 1. The minimum Gasteiger partial charge on any atom is -0.480 e. The molecule has 118 valence electrons. The zero-order valence-electron chi connectivity index (χ0n) is 12.1. The van der Waals surface area contributed by atoms with Gasteiger partial charge in [-0.25, -0.2) is 4.79 Å². The number of fused-ring (bicyclic) bond motifs is 1. The van der Waals surface area contributed by atoms with E-state index in [1.807, 2.05) is 0 Å². The summed E-state index contributed by atoms with van der Waals surface area (Å²) in [6.45, 7) is 0.397. The van der Waals surface area contributed by atoms with Crippen molar-refractivity contribution in [2.24, 2.45) is 0 Å². The number of carbonyl (C=O) groups is 2. The maximum atomic E-state index is 12.6. The van der Waals surface area contributed by atoms with Crippen molar-refractivity contribution in [3.8, 4) is 0 Å². The predicted molar refractivity (Wildman–Crippen MR) is 77.0 cm³/mol. The summed E-state index contributed by atoms with van der Waals surface area (Å²) in [7, 11) is 0. The van der Waals surface area contributed by atoms with E-state index >= 15 is 0 Å². The second-order valence-electron chi connectivity index (χ2n) is 5.65. The maximum Gasteiger partial charge on any atom is 0.328 e. The molecule has 0 aromatic carbocycles. The molecule has 1 atom stereocenters. The number of carbonyl (C=O) groups excluding carboxylic acids is 1. The molecule has 1 aromatic rings. The number of carboxylic acid groups (broad SMARTS) is 1. The summed E-state index contributed by atoms with van der Waals surface area (Å²) in [6.07, 6.45) is 3.70. The molecule has 1 aliphatic heterocycles. The summed E-state index contributed by atoms with van der Waals surface area (Å²) in [5.74, 6) is -1.66. The highest BCUT2D eigenvalue weighted by Gasteiger charge is 2.34. The van der Waals surface area contributed by atoms with E-state index in [4.69, 9.17) is 4.74 Å². The number of aryl methyl sites for hydroxylation is 2. The number of carboxylic acids is 1. The molecular formula is C15H18N2O5. The molecule has 7 heteroatoms. The highest BCUT2D eigenvalue weighted by Crippen LogP contribution is 2.20. The van der Waals surface area contributed by atoms with Gasteiger partial charge < -0.3 is 19.7 Å². The van der Waals surface area contributed by atoms with Gasteiger partial charge >= 0.3 is 5.97 Å². The number of H-pyrrole nitrogens is 1. The molecule has 0 radical (unpaired) electrons. The van der Waals surface area contributed by atoms with Crippen molar-refractivity contribution in [2.45, 2.75) is 31.7 Å². The lowest BCUT2D eigenvalue weighted by Gasteiger charge is -2.32. The first kappa shape index (κ1) is 14.8. The quantitative estimate of drug-likeness (QED) is 0.812. The van der Waals surface area contributed by atoms with Gasteiger partial charge in [0.25, 0.3) is 11.5 Å². The number of aromatic amines is 1. The highest BCUT2D eigenvalue weighted by molar-refractivity contribution is 5.96. The molecule has 1 amide bonds. The Balaban J connectivity index is 1.94. The number of nitrogens with one attached hydrogen (secondary N) is 1. The number of ether oxygens (including phenoxy) is 1. The minimum absolute atomic E-state index is 0.0220. The van der Waals surface area contributed by atoms with Gasteiger partial charge in [-0.1, -0.05) is 0 Å². The molecule has 22 heavy (non-hydrogen) atoms. The number of pyridine rings is 1. The first-order valence-electron chi connectivity index (χ1n) is 7.44. The van der Waals surface area contributed by atoms with E-state index in [1.165, 1.54) is 4.90 Å². The van der Waals surface area contributed by atoms with Crippen molar-refractivity contribution in [1.29, 1.82) is 0 Å². The zero-order chi connectivity index (χ0) is 15.7. The van der Waals surface area contributed by atoms with Crippen molar-refractivity contribution in [1.82, 2.24) is 9.88 Å². The van der Waals surface area contributed by atoms with Crippen molar-refractivity contribution in [3.63, 3.8) is 0 Å². The molecule has 1 aliphatic carbocycles. The third-order valence-electron chi connectivity index (χ3n) is 4.24. The molecule has 0 saturated carbocycles. The Morgan fingerprint density at radius 2 is 2.09 bits per heavy atom. The normalized spacial score (nSPS) is 21.3. The molecule has 0 spiro atoms. The van der Waals surface area contributed by atoms with E-state index in [0.29, 0.717) is 0 Å². The number of aromatic nitrogens is 1. The van der Waals surface area contributed by atoms with Crippen molar-refractivity contribution in [3.05, 3.63) is 33.2 Å². The van der Waals surface area contributed by atoms with Crippen LogP contribution in [0.2, 0.25) is 0 Å². The van der Waals surface area contributed by atoms with E-state index in [9.17, 15) is 19.5 Å². The minimum atomic E-state index is -1.12. The van der Waals surface area contributed by atoms with Crippen LogP contribution in [0.1, 0.15) is 34.5 Å². The summed E-state index contributed by atoms with van der Waals surface area (Å²) < 4.78 is 5.12. The molecule has 7 nitrogen and oxygen atoms in total. The van der Waals surface area contributed by atoms with E-state index in [1.54, 1.807) is 6.07 Å². The van der Waals surface area contributed by atoms with Crippen LogP contribution >= 0.6 is 0 Å². The van der Waals surface area contributed by atoms with Crippen LogP contribution in [0.25, 0.3) is 0 Å². The van der Waals surface area contributed by atoms with E-state index in [-0.39, 0.29) is 25.3 Å². The van der Waals surface area contributed by atoms with Crippen LogP contribution in [-0.2, 0) is 22.4 Å². The lowest BCUT2D eigenvalue weighted by molar-refractivity contribution is -0.147. The molecule has 1 saturated heterocycles. The molecule has 1 unspecified atom stereocenters. The Kier molecular flexibility index (Phi) is 3.98. The Morgan fingerprint density at radius 3 is 2.86 bits per heavy atom. The topological polar surface area (TPSA) is 99.7 Å². The zero-order valence-corrected chi connectivity index (χ0v) is 12.1. The number of hydrogen-bond donors (Lipinski definition) is 2. The molecule has 1 aromatic heterocycles. The van der Waals surface area contributed by atoms with E-state index in [2.05, 4.69) is 4.98 Å². The van der Waals surface area contributed by atoms with E-state index < -0.39 is 23.5 Å². The van der Waals surface area contributed by atoms with Gasteiger partial charge in [0.15, 0.2) is 6.04 Å². The largest absolute Gasteiger partial charge is 0.480 e. The Bertz CT molecular complexity index is 666. The molecule has 3 rings (SSSR count). The monoisotopic (exact) mass is 306 g/mol. The first-order chi connectivity index (χ1) is 10.6. The molecule has 2 aliphatic rings. The Morgan fingerprint density at radius 1 is 1.32 bits per heavy atom. The SMILES string of the molecule is O=C(O)C1COCCN1C(=O)c1cc2c([nH]c1=O)CCCC2. The van der Waals surface area contributed by atoms with E-state index in [0.717, 1.165) is 36.9 Å². The average molecular weight is 306 g/mol. The number of morpholine rings is 1. The molecule has 2 heterocycles. The standard InChI is InChI=1S/C15H18N2O5/c18-13-10(7-9-3-1-2-4-11(9)16-13)14(19)17-5-6-22-8-12(17)15(20)21/h7,12H,1-6,8H2,(H,16,18)(H,20,21). The number of aliphatic carboxylic acids is 1. The van der Waals surface area contributed by atoms with Gasteiger partial charge in [-0.3, -0.25) is 9.59 Å². The fourth-order valence-electron chi connectivity index (χ4n) is 3.04. The van der Waals surface area contributed by atoms with Crippen LogP contribution in [0.15, 0.2) is 10.9 Å². The number of amides is 1. The third-order valence-corrected chi connectivity index (χ3v) is 4.24. The van der Waals surface area contributed by atoms with Crippen LogP contribution in [0, 0.1) is 0 Å². The molecular weight excluding hydrogens is 288 g/mol. The summed E-state index contributed by atoms with van der Waals surface area (Å²) >= 11 is 0. The summed E-state index contributed by atoms with van der Waals surface area (Å²) in [5.41, 5.74) is 1.45. The van der Waals surface area contributed by atoms with Crippen LogP contribution in [-0.4, -0.2) is 52.7 Å². The predicted octanol–water partition coefficient (Wildman–Crippen LogP) is 0.179. The fraction of sp³-hybridized carbons (Fsp3) is 0.533. The molecule has 0 bridgehead atoms. The summed E-state index contributed by atoms with van der Waals surface area (Å²) in [5, 5.41) is 9.21. The van der Waals surface area contributed by atoms with Crippen LogP contribution in [0.4, 0.5) is 0 Å². The van der Waals surface area contributed by atoms with Crippen LogP contribution in [0.5, 0.6) is 0 Å². The first-order valence-corrected chi connectivity index (χ1v) is 7.44. The average Bonchev–Trinajstić information content (AvgIpc) is 2.53. The van der Waals surface area contributed by atoms with Gasteiger partial charge in [0.1, 0.15) is 5.56 Å². The van der Waals surface area contributed by atoms with Crippen molar-refractivity contribution in [2.75, 3.05) is 19.8 Å². The lowest BCUT2D eigenvalue weighted by atomic mass is 9.94. The lowest BCUT2D eigenvalue weighted by Crippen LogP contribution is -2.53. The third kappa shape index (κ3) is 2.64. The maximum absolute atomic E-state index is 12.6. The fourth-order valence-corrected chi connectivity index (χ4v) is 3.04. The smallest absolute Gasteiger partial charge is 0.328 e. The van der Waals surface area contributed by atoms with Crippen LogP contribution < -0.4 is 5.56 Å². The Labute approximate surface area is 126 Å². The number of hydrogen-bond acceptors (Lipinski definition) is 4. The summed E-state index contributed by atoms with van der Waals surface area (Å²) in [6, 6.07) is 0.584.